The van der Waals surface area contributed by atoms with Crippen LogP contribution in [0.25, 0.3) is 22.4 Å². The third-order valence-corrected chi connectivity index (χ3v) is 2.15. The van der Waals surface area contributed by atoms with Crippen LogP contribution in [0.3, 0.4) is 0 Å². The molecule has 3 heterocycles. The molecule has 3 aromatic heterocycles. The molecule has 4 nitrogen and oxygen atoms in total. The molecule has 0 aliphatic carbocycles. The maximum absolute atomic E-state index is 5.09. The number of hydrogen-bond donors (Lipinski definition) is 1. The van der Waals surface area contributed by atoms with Gasteiger partial charge >= 0.3 is 0 Å². The van der Waals surface area contributed by atoms with Crippen molar-refractivity contribution in [2.75, 3.05) is 0 Å². The Morgan fingerprint density at radius 3 is 3.07 bits per heavy atom. The molecule has 0 saturated heterocycles. The first-order chi connectivity index (χ1) is 6.95. The lowest BCUT2D eigenvalue weighted by atomic mass is 10.2. The highest BCUT2D eigenvalue weighted by atomic mass is 16.5. The third-order valence-electron chi connectivity index (χ3n) is 2.15. The molecule has 68 valence electrons. The van der Waals surface area contributed by atoms with E-state index in [0.29, 0.717) is 0 Å². The summed E-state index contributed by atoms with van der Waals surface area (Å²) in [6.45, 7) is 0. The van der Waals surface area contributed by atoms with Crippen LogP contribution in [-0.2, 0) is 0 Å². The number of nitrogens with one attached hydrogen (secondary N) is 1. The third kappa shape index (κ3) is 0.939. The van der Waals surface area contributed by atoms with Crippen LogP contribution in [-0.4, -0.2) is 15.1 Å². The Bertz CT molecular complexity index is 554. The molecule has 0 unspecified atom stereocenters. The van der Waals surface area contributed by atoms with Gasteiger partial charge in [0.15, 0.2) is 5.76 Å². The predicted octanol–water partition coefficient (Wildman–Crippen LogP) is 2.22. The van der Waals surface area contributed by atoms with Crippen LogP contribution in [0.2, 0.25) is 0 Å². The Morgan fingerprint density at radius 2 is 2.21 bits per heavy atom. The lowest BCUT2D eigenvalue weighted by Crippen LogP contribution is -1.73. The van der Waals surface area contributed by atoms with E-state index in [1.54, 1.807) is 12.4 Å². The van der Waals surface area contributed by atoms with Crippen molar-refractivity contribution in [3.8, 4) is 11.3 Å². The van der Waals surface area contributed by atoms with Gasteiger partial charge in [-0.05, 0) is 12.1 Å². The molecule has 0 bridgehead atoms. The van der Waals surface area contributed by atoms with Gasteiger partial charge in [-0.2, -0.15) is 0 Å². The van der Waals surface area contributed by atoms with Gasteiger partial charge in [-0.25, -0.2) is 4.98 Å². The van der Waals surface area contributed by atoms with E-state index in [-0.39, 0.29) is 0 Å². The summed E-state index contributed by atoms with van der Waals surface area (Å²) in [6, 6.07) is 5.72. The molecule has 3 aromatic rings. The minimum absolute atomic E-state index is 0.754. The summed E-state index contributed by atoms with van der Waals surface area (Å²) in [5, 5.41) is 4.72. The minimum Gasteiger partial charge on any atom is -0.356 e. The molecule has 0 aliphatic heterocycles. The zero-order valence-corrected chi connectivity index (χ0v) is 7.27. The lowest BCUT2D eigenvalue weighted by Gasteiger charge is -1.90. The van der Waals surface area contributed by atoms with Gasteiger partial charge in [-0.15, -0.1) is 0 Å². The first kappa shape index (κ1) is 7.32. The standard InChI is InChI=1S/C10H7N3O/c1-2-7-8(9-3-5-13-14-9)6-12-10(7)11-4-1/h1-6H,(H,11,12). The van der Waals surface area contributed by atoms with E-state index in [1.807, 2.05) is 24.4 Å². The maximum atomic E-state index is 5.09. The van der Waals surface area contributed by atoms with Gasteiger partial charge in [0.25, 0.3) is 0 Å². The highest BCUT2D eigenvalue weighted by Crippen LogP contribution is 2.26. The van der Waals surface area contributed by atoms with Gasteiger partial charge in [-0.3, -0.25) is 0 Å². The average Bonchev–Trinajstić information content (AvgIpc) is 2.85. The molecule has 3 rings (SSSR count). The first-order valence-electron chi connectivity index (χ1n) is 4.28. The van der Waals surface area contributed by atoms with E-state index in [9.17, 15) is 0 Å². The van der Waals surface area contributed by atoms with Crippen molar-refractivity contribution in [1.29, 1.82) is 0 Å². The Balaban J connectivity index is 2.33. The molecule has 0 saturated carbocycles. The minimum atomic E-state index is 0.754. The fraction of sp³-hybridized carbons (Fsp3) is 0. The number of H-pyrrole nitrogens is 1. The SMILES string of the molecule is c1cnc2[nH]cc(-c3ccno3)c2c1. The van der Waals surface area contributed by atoms with Crippen molar-refractivity contribution in [2.24, 2.45) is 0 Å². The summed E-state index contributed by atoms with van der Waals surface area (Å²) in [7, 11) is 0. The van der Waals surface area contributed by atoms with Gasteiger partial charge < -0.3 is 9.51 Å². The summed E-state index contributed by atoms with van der Waals surface area (Å²) in [5.41, 5.74) is 1.85. The monoisotopic (exact) mass is 185 g/mol. The molecule has 0 fully saturated rings. The van der Waals surface area contributed by atoms with Gasteiger partial charge in [0.05, 0.1) is 6.20 Å². The quantitative estimate of drug-likeness (QED) is 0.632. The zero-order valence-electron chi connectivity index (χ0n) is 7.27. The Labute approximate surface area is 79.6 Å². The number of hydrogen-bond acceptors (Lipinski definition) is 3. The highest BCUT2D eigenvalue weighted by molar-refractivity contribution is 5.91. The maximum Gasteiger partial charge on any atom is 0.169 e. The summed E-state index contributed by atoms with van der Waals surface area (Å²) in [5.74, 6) is 0.754. The fourth-order valence-electron chi connectivity index (χ4n) is 1.51. The zero-order chi connectivity index (χ0) is 9.38. The van der Waals surface area contributed by atoms with Gasteiger partial charge in [-0.1, -0.05) is 5.16 Å². The van der Waals surface area contributed by atoms with Crippen molar-refractivity contribution < 1.29 is 4.52 Å². The number of pyridine rings is 1. The number of fused-ring (bicyclic) bond motifs is 1. The van der Waals surface area contributed by atoms with E-state index >= 15 is 0 Å². The van der Waals surface area contributed by atoms with Crippen molar-refractivity contribution in [1.82, 2.24) is 15.1 Å². The van der Waals surface area contributed by atoms with Gasteiger partial charge in [0.2, 0.25) is 0 Å². The Kier molecular flexibility index (Phi) is 1.41. The van der Waals surface area contributed by atoms with Gasteiger partial charge in [0.1, 0.15) is 5.65 Å². The van der Waals surface area contributed by atoms with Crippen molar-refractivity contribution in [2.45, 2.75) is 0 Å². The highest BCUT2D eigenvalue weighted by Gasteiger charge is 2.08. The Morgan fingerprint density at radius 1 is 1.21 bits per heavy atom. The van der Waals surface area contributed by atoms with Crippen LogP contribution in [0, 0.1) is 0 Å². The molecule has 4 heteroatoms. The average molecular weight is 185 g/mol. The molecule has 0 aromatic carbocycles. The topological polar surface area (TPSA) is 54.7 Å². The Hall–Kier alpha value is -2.10. The van der Waals surface area contributed by atoms with Gasteiger partial charge in [0, 0.05) is 29.4 Å². The molecule has 0 aliphatic rings. The van der Waals surface area contributed by atoms with Crippen LogP contribution >= 0.6 is 0 Å². The van der Waals surface area contributed by atoms with Crippen molar-refractivity contribution in [3.05, 3.63) is 36.8 Å². The fourth-order valence-corrected chi connectivity index (χ4v) is 1.51. The van der Waals surface area contributed by atoms with Crippen LogP contribution in [0.5, 0.6) is 0 Å². The molecular weight excluding hydrogens is 178 g/mol. The summed E-state index contributed by atoms with van der Waals surface area (Å²) in [6.07, 6.45) is 5.26. The van der Waals surface area contributed by atoms with E-state index in [1.165, 1.54) is 0 Å². The number of rotatable bonds is 1. The molecule has 14 heavy (non-hydrogen) atoms. The largest absolute Gasteiger partial charge is 0.356 e. The second kappa shape index (κ2) is 2.70. The number of nitrogens with zero attached hydrogens (tertiary/aromatic N) is 2. The molecule has 0 amide bonds. The predicted molar refractivity (Wildman–Crippen MR) is 51.6 cm³/mol. The normalized spacial score (nSPS) is 10.9. The smallest absolute Gasteiger partial charge is 0.169 e. The summed E-state index contributed by atoms with van der Waals surface area (Å²) in [4.78, 5) is 7.27. The molecule has 0 spiro atoms. The lowest BCUT2D eigenvalue weighted by molar-refractivity contribution is 0.432. The van der Waals surface area contributed by atoms with E-state index in [0.717, 1.165) is 22.4 Å². The summed E-state index contributed by atoms with van der Waals surface area (Å²) < 4.78 is 5.09. The van der Waals surface area contributed by atoms with E-state index in [2.05, 4.69) is 15.1 Å². The van der Waals surface area contributed by atoms with Crippen LogP contribution in [0.4, 0.5) is 0 Å². The number of aromatic amines is 1. The second-order valence-electron chi connectivity index (χ2n) is 2.98. The van der Waals surface area contributed by atoms with Crippen molar-refractivity contribution in [3.63, 3.8) is 0 Å². The molecule has 1 N–H and O–H groups in total. The molecule has 0 radical (unpaired) electrons. The van der Waals surface area contributed by atoms with E-state index in [4.69, 9.17) is 4.52 Å². The van der Waals surface area contributed by atoms with E-state index < -0.39 is 0 Å². The summed E-state index contributed by atoms with van der Waals surface area (Å²) >= 11 is 0. The second-order valence-corrected chi connectivity index (χ2v) is 2.98. The van der Waals surface area contributed by atoms with Crippen LogP contribution < -0.4 is 0 Å². The first-order valence-corrected chi connectivity index (χ1v) is 4.28. The molecular formula is C10H7N3O. The van der Waals surface area contributed by atoms with Crippen LogP contribution in [0.15, 0.2) is 41.3 Å². The number of aromatic nitrogens is 3. The molecule has 0 atom stereocenters. The van der Waals surface area contributed by atoms with Crippen molar-refractivity contribution >= 4 is 11.0 Å². The van der Waals surface area contributed by atoms with Crippen LogP contribution in [0.1, 0.15) is 0 Å².